The number of rotatable bonds is 4. The van der Waals surface area contributed by atoms with E-state index in [4.69, 9.17) is 9.47 Å². The maximum atomic E-state index is 13.8. The van der Waals surface area contributed by atoms with Gasteiger partial charge in [-0.3, -0.25) is 0 Å². The molecule has 5 nitrogen and oxygen atoms in total. The van der Waals surface area contributed by atoms with Gasteiger partial charge >= 0.3 is 0 Å². The quantitative estimate of drug-likeness (QED) is 0.865. The van der Waals surface area contributed by atoms with E-state index >= 15 is 0 Å². The van der Waals surface area contributed by atoms with Crippen molar-refractivity contribution in [3.63, 3.8) is 0 Å². The normalized spacial score (nSPS) is 11.6. The van der Waals surface area contributed by atoms with E-state index < -0.39 is 23.1 Å². The van der Waals surface area contributed by atoms with E-state index in [2.05, 4.69) is 9.97 Å². The van der Waals surface area contributed by atoms with E-state index in [0.29, 0.717) is 0 Å². The van der Waals surface area contributed by atoms with Crippen LogP contribution in [0.25, 0.3) is 0 Å². The van der Waals surface area contributed by atoms with Crippen molar-refractivity contribution in [1.82, 2.24) is 9.97 Å². The van der Waals surface area contributed by atoms with E-state index in [0.717, 1.165) is 12.1 Å². The van der Waals surface area contributed by atoms with Crippen LogP contribution in [0.5, 0.6) is 11.8 Å². The SMILES string of the molecule is COc1cc(OC)nc(C(C#N)c2c(F)cccc2F)n1. The van der Waals surface area contributed by atoms with Gasteiger partial charge in [0, 0.05) is 5.56 Å². The van der Waals surface area contributed by atoms with Gasteiger partial charge in [0.25, 0.3) is 0 Å². The highest BCUT2D eigenvalue weighted by Gasteiger charge is 2.25. The van der Waals surface area contributed by atoms with Crippen LogP contribution in [0.3, 0.4) is 0 Å². The van der Waals surface area contributed by atoms with Crippen molar-refractivity contribution in [1.29, 1.82) is 5.26 Å². The Balaban J connectivity index is 2.59. The fourth-order valence-electron chi connectivity index (χ4n) is 1.80. The monoisotopic (exact) mass is 291 g/mol. The third-order valence-corrected chi connectivity index (χ3v) is 2.79. The van der Waals surface area contributed by atoms with Gasteiger partial charge in [0.05, 0.1) is 26.4 Å². The zero-order chi connectivity index (χ0) is 15.4. The summed E-state index contributed by atoms with van der Waals surface area (Å²) < 4.78 is 37.6. The molecular weight excluding hydrogens is 280 g/mol. The molecule has 2 aromatic rings. The molecule has 0 spiro atoms. The Bertz CT molecular complexity index is 659. The van der Waals surface area contributed by atoms with Crippen molar-refractivity contribution in [2.24, 2.45) is 0 Å². The molecule has 0 saturated carbocycles. The molecule has 0 fully saturated rings. The molecule has 2 rings (SSSR count). The van der Waals surface area contributed by atoms with Crippen LogP contribution < -0.4 is 9.47 Å². The molecule has 1 heterocycles. The molecule has 0 aliphatic carbocycles. The first-order valence-electron chi connectivity index (χ1n) is 5.91. The first-order valence-corrected chi connectivity index (χ1v) is 5.91. The van der Waals surface area contributed by atoms with Crippen LogP contribution in [-0.2, 0) is 0 Å². The first kappa shape index (κ1) is 14.7. The number of aromatic nitrogens is 2. The summed E-state index contributed by atoms with van der Waals surface area (Å²) in [5, 5.41) is 9.26. The second-order valence-corrected chi connectivity index (χ2v) is 4.01. The Morgan fingerprint density at radius 3 is 2.05 bits per heavy atom. The van der Waals surface area contributed by atoms with Gasteiger partial charge in [-0.15, -0.1) is 0 Å². The number of ether oxygens (including phenoxy) is 2. The molecule has 0 aliphatic heterocycles. The van der Waals surface area contributed by atoms with Gasteiger partial charge in [-0.05, 0) is 12.1 Å². The van der Waals surface area contributed by atoms with Crippen molar-refractivity contribution in [3.05, 3.63) is 47.3 Å². The lowest BCUT2D eigenvalue weighted by Gasteiger charge is -2.12. The molecule has 1 atom stereocenters. The highest BCUT2D eigenvalue weighted by atomic mass is 19.1. The van der Waals surface area contributed by atoms with Gasteiger partial charge in [0.1, 0.15) is 17.6 Å². The smallest absolute Gasteiger partial charge is 0.220 e. The second-order valence-electron chi connectivity index (χ2n) is 4.01. The summed E-state index contributed by atoms with van der Waals surface area (Å²) in [6.07, 6.45) is 0. The van der Waals surface area contributed by atoms with Gasteiger partial charge in [-0.1, -0.05) is 6.07 Å². The summed E-state index contributed by atoms with van der Waals surface area (Å²) in [7, 11) is 2.74. The molecule has 0 aliphatic rings. The topological polar surface area (TPSA) is 68.0 Å². The van der Waals surface area contributed by atoms with E-state index in [9.17, 15) is 14.0 Å². The first-order chi connectivity index (χ1) is 10.1. The Morgan fingerprint density at radius 2 is 1.62 bits per heavy atom. The molecule has 108 valence electrons. The van der Waals surface area contributed by atoms with Gasteiger partial charge in [0.2, 0.25) is 11.8 Å². The molecule has 0 N–H and O–H groups in total. The summed E-state index contributed by atoms with van der Waals surface area (Å²) in [4.78, 5) is 7.92. The number of nitrogens with zero attached hydrogens (tertiary/aromatic N) is 3. The molecule has 1 aromatic heterocycles. The van der Waals surface area contributed by atoms with E-state index in [1.165, 1.54) is 26.4 Å². The number of benzene rings is 1. The van der Waals surface area contributed by atoms with Crippen LogP contribution >= 0.6 is 0 Å². The highest BCUT2D eigenvalue weighted by molar-refractivity contribution is 5.36. The van der Waals surface area contributed by atoms with Gasteiger partial charge in [0.15, 0.2) is 5.82 Å². The Kier molecular flexibility index (Phi) is 4.28. The number of nitriles is 1. The van der Waals surface area contributed by atoms with Crippen LogP contribution in [-0.4, -0.2) is 24.2 Å². The fraction of sp³-hybridized carbons (Fsp3) is 0.214. The maximum absolute atomic E-state index is 13.8. The number of halogens is 2. The largest absolute Gasteiger partial charge is 0.481 e. The predicted octanol–water partition coefficient (Wildman–Crippen LogP) is 2.43. The third-order valence-electron chi connectivity index (χ3n) is 2.79. The minimum Gasteiger partial charge on any atom is -0.481 e. The summed E-state index contributed by atoms with van der Waals surface area (Å²) in [6.45, 7) is 0. The average Bonchev–Trinajstić information content (AvgIpc) is 2.50. The molecule has 0 radical (unpaired) electrons. The zero-order valence-corrected chi connectivity index (χ0v) is 11.3. The minimum absolute atomic E-state index is 0.0994. The molecular formula is C14H11F2N3O2. The Labute approximate surface area is 119 Å². The molecule has 0 saturated heterocycles. The van der Waals surface area contributed by atoms with E-state index in [1.54, 1.807) is 6.07 Å². The average molecular weight is 291 g/mol. The van der Waals surface area contributed by atoms with Gasteiger partial charge in [-0.2, -0.15) is 15.2 Å². The van der Waals surface area contributed by atoms with Crippen LogP contribution in [0.1, 0.15) is 17.3 Å². The molecule has 7 heteroatoms. The lowest BCUT2D eigenvalue weighted by molar-refractivity contribution is 0.367. The number of methoxy groups -OCH3 is 2. The van der Waals surface area contributed by atoms with Crippen molar-refractivity contribution in [3.8, 4) is 17.8 Å². The Morgan fingerprint density at radius 1 is 1.10 bits per heavy atom. The van der Waals surface area contributed by atoms with Gasteiger partial charge in [-0.25, -0.2) is 8.78 Å². The van der Waals surface area contributed by atoms with Crippen molar-refractivity contribution < 1.29 is 18.3 Å². The predicted molar refractivity (Wildman–Crippen MR) is 69.0 cm³/mol. The highest BCUT2D eigenvalue weighted by Crippen LogP contribution is 2.28. The lowest BCUT2D eigenvalue weighted by Crippen LogP contribution is -2.10. The lowest BCUT2D eigenvalue weighted by atomic mass is 9.98. The standard InChI is InChI=1S/C14H11F2N3O2/c1-20-11-6-12(21-2)19-14(18-11)8(7-17)13-9(15)4-3-5-10(13)16/h3-6,8H,1-2H3. The van der Waals surface area contributed by atoms with Crippen LogP contribution in [0.2, 0.25) is 0 Å². The van der Waals surface area contributed by atoms with Gasteiger partial charge < -0.3 is 9.47 Å². The van der Waals surface area contributed by atoms with Crippen molar-refractivity contribution >= 4 is 0 Å². The molecule has 1 unspecified atom stereocenters. The molecule has 21 heavy (non-hydrogen) atoms. The van der Waals surface area contributed by atoms with E-state index in [1.807, 2.05) is 0 Å². The molecule has 1 aromatic carbocycles. The van der Waals surface area contributed by atoms with Crippen LogP contribution in [0, 0.1) is 23.0 Å². The molecule has 0 amide bonds. The summed E-state index contributed by atoms with van der Waals surface area (Å²) in [5.74, 6) is -2.82. The van der Waals surface area contributed by atoms with Crippen molar-refractivity contribution in [2.45, 2.75) is 5.92 Å². The maximum Gasteiger partial charge on any atom is 0.220 e. The summed E-state index contributed by atoms with van der Waals surface area (Å²) in [6, 6.07) is 6.56. The zero-order valence-electron chi connectivity index (χ0n) is 11.3. The number of hydrogen-bond donors (Lipinski definition) is 0. The second kappa shape index (κ2) is 6.13. The minimum atomic E-state index is -1.31. The third kappa shape index (κ3) is 2.89. The Hall–Kier alpha value is -2.75. The summed E-state index contributed by atoms with van der Waals surface area (Å²) >= 11 is 0. The van der Waals surface area contributed by atoms with Crippen LogP contribution in [0.15, 0.2) is 24.3 Å². The summed E-state index contributed by atoms with van der Waals surface area (Å²) in [5.41, 5.74) is -0.407. The van der Waals surface area contributed by atoms with E-state index in [-0.39, 0.29) is 17.6 Å². The fourth-order valence-corrected chi connectivity index (χ4v) is 1.80. The number of hydrogen-bond acceptors (Lipinski definition) is 5. The van der Waals surface area contributed by atoms with Crippen molar-refractivity contribution in [2.75, 3.05) is 14.2 Å². The van der Waals surface area contributed by atoms with Crippen LogP contribution in [0.4, 0.5) is 8.78 Å². The molecule has 0 bridgehead atoms.